The molecule has 0 aliphatic carbocycles. The summed E-state index contributed by atoms with van der Waals surface area (Å²) in [5.74, 6) is 0.143. The smallest absolute Gasteiger partial charge is 0.227 e. The summed E-state index contributed by atoms with van der Waals surface area (Å²) in [5.41, 5.74) is 2.76. The van der Waals surface area contributed by atoms with Gasteiger partial charge in [0.25, 0.3) is 0 Å². The SMILES string of the molecule is Cc1nn(C)c(C)c1N1CC(CO)CC1=O. The number of aromatic nitrogens is 2. The van der Waals surface area contributed by atoms with Gasteiger partial charge in [0.2, 0.25) is 5.91 Å². The molecule has 0 aromatic carbocycles. The molecular weight excluding hydrogens is 206 g/mol. The number of aryl methyl sites for hydroxylation is 2. The first kappa shape index (κ1) is 11.1. The second kappa shape index (κ2) is 3.90. The molecule has 1 amide bonds. The molecule has 5 heteroatoms. The van der Waals surface area contributed by atoms with E-state index in [-0.39, 0.29) is 18.4 Å². The second-order valence-corrected chi connectivity index (χ2v) is 4.40. The third-order valence-corrected chi connectivity index (χ3v) is 3.20. The minimum absolute atomic E-state index is 0.0616. The summed E-state index contributed by atoms with van der Waals surface area (Å²) >= 11 is 0. The average molecular weight is 223 g/mol. The Morgan fingerprint density at radius 3 is 2.62 bits per heavy atom. The predicted molar refractivity (Wildman–Crippen MR) is 60.2 cm³/mol. The normalized spacial score (nSPS) is 20.9. The van der Waals surface area contributed by atoms with E-state index in [9.17, 15) is 4.79 Å². The van der Waals surface area contributed by atoms with Gasteiger partial charge in [-0.1, -0.05) is 0 Å². The Bertz CT molecular complexity index is 425. The van der Waals surface area contributed by atoms with Crippen LogP contribution in [-0.2, 0) is 11.8 Å². The largest absolute Gasteiger partial charge is 0.396 e. The zero-order valence-electron chi connectivity index (χ0n) is 9.90. The summed E-state index contributed by atoms with van der Waals surface area (Å²) < 4.78 is 1.78. The molecular formula is C11H17N3O2. The lowest BCUT2D eigenvalue weighted by Gasteiger charge is -2.16. The Morgan fingerprint density at radius 2 is 2.19 bits per heavy atom. The van der Waals surface area contributed by atoms with E-state index in [1.807, 2.05) is 20.9 Å². The van der Waals surface area contributed by atoms with Crippen LogP contribution in [0.3, 0.4) is 0 Å². The van der Waals surface area contributed by atoms with Gasteiger partial charge in [0.1, 0.15) is 0 Å². The third kappa shape index (κ3) is 1.61. The first-order chi connectivity index (χ1) is 7.54. The van der Waals surface area contributed by atoms with E-state index >= 15 is 0 Å². The summed E-state index contributed by atoms with van der Waals surface area (Å²) in [6.45, 7) is 4.53. The van der Waals surface area contributed by atoms with Gasteiger partial charge in [-0.05, 0) is 13.8 Å². The Hall–Kier alpha value is -1.36. The Balaban J connectivity index is 2.34. The maximum atomic E-state index is 11.8. The van der Waals surface area contributed by atoms with Crippen LogP contribution in [0.5, 0.6) is 0 Å². The highest BCUT2D eigenvalue weighted by atomic mass is 16.3. The van der Waals surface area contributed by atoms with E-state index in [2.05, 4.69) is 5.10 Å². The molecule has 1 aliphatic heterocycles. The maximum absolute atomic E-state index is 11.8. The molecule has 16 heavy (non-hydrogen) atoms. The van der Waals surface area contributed by atoms with Crippen LogP contribution in [0.15, 0.2) is 0 Å². The average Bonchev–Trinajstić information content (AvgIpc) is 2.70. The van der Waals surface area contributed by atoms with E-state index in [1.165, 1.54) is 0 Å². The zero-order valence-corrected chi connectivity index (χ0v) is 9.90. The summed E-state index contributed by atoms with van der Waals surface area (Å²) in [5, 5.41) is 13.4. The van der Waals surface area contributed by atoms with Crippen molar-refractivity contribution in [1.82, 2.24) is 9.78 Å². The molecule has 1 fully saturated rings. The van der Waals surface area contributed by atoms with Gasteiger partial charge in [-0.25, -0.2) is 0 Å². The first-order valence-corrected chi connectivity index (χ1v) is 5.46. The van der Waals surface area contributed by atoms with Gasteiger partial charge in [-0.3, -0.25) is 9.48 Å². The van der Waals surface area contributed by atoms with Crippen LogP contribution in [0.25, 0.3) is 0 Å². The van der Waals surface area contributed by atoms with Crippen molar-refractivity contribution in [2.45, 2.75) is 20.3 Å². The molecule has 0 spiro atoms. The fourth-order valence-electron chi connectivity index (χ4n) is 2.27. The number of aliphatic hydroxyl groups excluding tert-OH is 1. The van der Waals surface area contributed by atoms with E-state index in [4.69, 9.17) is 5.11 Å². The van der Waals surface area contributed by atoms with Crippen LogP contribution in [-0.4, -0.2) is 33.9 Å². The fraction of sp³-hybridized carbons (Fsp3) is 0.636. The quantitative estimate of drug-likeness (QED) is 0.788. The van der Waals surface area contributed by atoms with Crippen molar-refractivity contribution in [1.29, 1.82) is 0 Å². The van der Waals surface area contributed by atoms with Crippen molar-refractivity contribution < 1.29 is 9.90 Å². The molecule has 2 rings (SSSR count). The van der Waals surface area contributed by atoms with Crippen LogP contribution in [0.4, 0.5) is 5.69 Å². The van der Waals surface area contributed by atoms with Gasteiger partial charge < -0.3 is 10.0 Å². The summed E-state index contributed by atoms with van der Waals surface area (Å²) in [6.07, 6.45) is 0.435. The maximum Gasteiger partial charge on any atom is 0.227 e. The number of amides is 1. The van der Waals surface area contributed by atoms with Gasteiger partial charge in [0.15, 0.2) is 0 Å². The summed E-state index contributed by atoms with van der Waals surface area (Å²) in [6, 6.07) is 0. The molecule has 1 N–H and O–H groups in total. The van der Waals surface area contributed by atoms with Gasteiger partial charge in [-0.2, -0.15) is 5.10 Å². The number of carbonyl (C=O) groups excluding carboxylic acids is 1. The molecule has 0 saturated carbocycles. The van der Waals surface area contributed by atoms with E-state index in [0.717, 1.165) is 17.1 Å². The molecule has 1 aromatic rings. The number of hydrogen-bond donors (Lipinski definition) is 1. The van der Waals surface area contributed by atoms with Crippen LogP contribution in [0, 0.1) is 19.8 Å². The highest BCUT2D eigenvalue weighted by molar-refractivity contribution is 5.96. The van der Waals surface area contributed by atoms with Crippen molar-refractivity contribution in [2.75, 3.05) is 18.1 Å². The molecule has 1 aromatic heterocycles. The lowest BCUT2D eigenvalue weighted by molar-refractivity contribution is -0.117. The van der Waals surface area contributed by atoms with Crippen molar-refractivity contribution in [2.24, 2.45) is 13.0 Å². The number of carbonyl (C=O) groups is 1. The molecule has 88 valence electrons. The number of anilines is 1. The molecule has 1 atom stereocenters. The number of hydrogen-bond acceptors (Lipinski definition) is 3. The minimum Gasteiger partial charge on any atom is -0.396 e. The third-order valence-electron chi connectivity index (χ3n) is 3.20. The lowest BCUT2D eigenvalue weighted by Crippen LogP contribution is -2.26. The predicted octanol–water partition coefficient (Wildman–Crippen LogP) is 0.382. The highest BCUT2D eigenvalue weighted by Crippen LogP contribution is 2.29. The van der Waals surface area contributed by atoms with Gasteiger partial charge >= 0.3 is 0 Å². The lowest BCUT2D eigenvalue weighted by atomic mass is 10.1. The van der Waals surface area contributed by atoms with E-state index < -0.39 is 0 Å². The van der Waals surface area contributed by atoms with Gasteiger partial charge in [-0.15, -0.1) is 0 Å². The molecule has 0 radical (unpaired) electrons. The summed E-state index contributed by atoms with van der Waals surface area (Å²) in [4.78, 5) is 13.6. The Labute approximate surface area is 94.7 Å². The van der Waals surface area contributed by atoms with Gasteiger partial charge in [0, 0.05) is 32.5 Å². The monoisotopic (exact) mass is 223 g/mol. The highest BCUT2D eigenvalue weighted by Gasteiger charge is 2.32. The van der Waals surface area contributed by atoms with Crippen LogP contribution < -0.4 is 4.90 Å². The van der Waals surface area contributed by atoms with Crippen molar-refractivity contribution in [3.8, 4) is 0 Å². The number of rotatable bonds is 2. The molecule has 1 aliphatic rings. The molecule has 5 nitrogen and oxygen atoms in total. The molecule has 1 saturated heterocycles. The van der Waals surface area contributed by atoms with Crippen molar-refractivity contribution in [3.63, 3.8) is 0 Å². The van der Waals surface area contributed by atoms with E-state index in [1.54, 1.807) is 9.58 Å². The van der Waals surface area contributed by atoms with Crippen molar-refractivity contribution >= 4 is 11.6 Å². The molecule has 1 unspecified atom stereocenters. The summed E-state index contributed by atoms with van der Waals surface area (Å²) in [7, 11) is 1.87. The standard InChI is InChI=1S/C11H17N3O2/c1-7-11(8(2)13(3)12-7)14-5-9(6-15)4-10(14)16/h9,15H,4-6H2,1-3H3. The van der Waals surface area contributed by atoms with Crippen LogP contribution in [0.1, 0.15) is 17.8 Å². The van der Waals surface area contributed by atoms with Gasteiger partial charge in [0.05, 0.1) is 17.1 Å². The first-order valence-electron chi connectivity index (χ1n) is 5.46. The minimum atomic E-state index is 0.0616. The fourth-order valence-corrected chi connectivity index (χ4v) is 2.27. The second-order valence-electron chi connectivity index (χ2n) is 4.40. The topological polar surface area (TPSA) is 58.4 Å². The molecule has 0 bridgehead atoms. The van der Waals surface area contributed by atoms with Crippen LogP contribution >= 0.6 is 0 Å². The van der Waals surface area contributed by atoms with Crippen molar-refractivity contribution in [3.05, 3.63) is 11.4 Å². The Morgan fingerprint density at radius 1 is 1.50 bits per heavy atom. The van der Waals surface area contributed by atoms with E-state index in [0.29, 0.717) is 13.0 Å². The zero-order chi connectivity index (χ0) is 11.9. The molecule has 2 heterocycles. The van der Waals surface area contributed by atoms with Crippen LogP contribution in [0.2, 0.25) is 0 Å². The number of nitrogens with zero attached hydrogens (tertiary/aromatic N) is 3. The number of aliphatic hydroxyl groups is 1. The Kier molecular flexibility index (Phi) is 2.71.